The van der Waals surface area contributed by atoms with E-state index in [2.05, 4.69) is 34.4 Å². The van der Waals surface area contributed by atoms with E-state index in [0.717, 1.165) is 53.4 Å². The summed E-state index contributed by atoms with van der Waals surface area (Å²) in [5.41, 5.74) is 6.52. The monoisotopic (exact) mass is 424 g/mol. The van der Waals surface area contributed by atoms with Crippen LogP contribution in [0.15, 0.2) is 18.2 Å². The van der Waals surface area contributed by atoms with Crippen molar-refractivity contribution in [3.8, 4) is 0 Å². The molecule has 0 radical (unpaired) electrons. The van der Waals surface area contributed by atoms with Crippen molar-refractivity contribution in [2.75, 3.05) is 31.5 Å². The van der Waals surface area contributed by atoms with Crippen molar-refractivity contribution < 1.29 is 9.59 Å². The van der Waals surface area contributed by atoms with Crippen LogP contribution in [0.25, 0.3) is 11.6 Å². The lowest BCUT2D eigenvalue weighted by atomic mass is 10.0. The lowest BCUT2D eigenvalue weighted by Crippen LogP contribution is -2.35. The molecular formula is C25H36N4O2. The van der Waals surface area contributed by atoms with Gasteiger partial charge in [0, 0.05) is 35.7 Å². The summed E-state index contributed by atoms with van der Waals surface area (Å²) >= 11 is 0. The zero-order valence-electron chi connectivity index (χ0n) is 19.9. The van der Waals surface area contributed by atoms with Crippen LogP contribution in [0.1, 0.15) is 66.1 Å². The Hall–Kier alpha value is -2.86. The first-order valence-corrected chi connectivity index (χ1v) is 11.2. The maximum atomic E-state index is 12.7. The Labute approximate surface area is 186 Å². The molecule has 6 heteroatoms. The van der Waals surface area contributed by atoms with Gasteiger partial charge in [0.15, 0.2) is 0 Å². The molecule has 2 aromatic rings. The fourth-order valence-electron chi connectivity index (χ4n) is 3.81. The van der Waals surface area contributed by atoms with Crippen LogP contribution < -0.4 is 10.6 Å². The van der Waals surface area contributed by atoms with Crippen LogP contribution in [-0.4, -0.2) is 47.9 Å². The van der Waals surface area contributed by atoms with E-state index in [1.807, 2.05) is 58.9 Å². The Morgan fingerprint density at radius 1 is 1.13 bits per heavy atom. The second kappa shape index (κ2) is 11.0. The highest BCUT2D eigenvalue weighted by atomic mass is 16.2. The number of aromatic nitrogens is 1. The van der Waals surface area contributed by atoms with Crippen LogP contribution >= 0.6 is 0 Å². The molecule has 0 fully saturated rings. The van der Waals surface area contributed by atoms with Gasteiger partial charge in [-0.3, -0.25) is 9.59 Å². The van der Waals surface area contributed by atoms with E-state index < -0.39 is 0 Å². The first-order valence-electron chi connectivity index (χ1n) is 11.2. The largest absolute Gasteiger partial charge is 0.358 e. The third-order valence-electron chi connectivity index (χ3n) is 5.56. The van der Waals surface area contributed by atoms with Crippen LogP contribution in [0.5, 0.6) is 0 Å². The molecular weight excluding hydrogens is 388 g/mol. The van der Waals surface area contributed by atoms with E-state index in [1.165, 1.54) is 0 Å². The van der Waals surface area contributed by atoms with Gasteiger partial charge in [0.25, 0.3) is 11.8 Å². The van der Waals surface area contributed by atoms with Crippen molar-refractivity contribution >= 4 is 29.2 Å². The van der Waals surface area contributed by atoms with E-state index in [0.29, 0.717) is 17.7 Å². The predicted octanol–water partition coefficient (Wildman–Crippen LogP) is 4.53. The minimum atomic E-state index is -0.123. The average Bonchev–Trinajstić information content (AvgIpc) is 3.21. The maximum Gasteiger partial charge on any atom is 0.256 e. The predicted molar refractivity (Wildman–Crippen MR) is 129 cm³/mol. The number of hydrogen-bond donors (Lipinski definition) is 3. The molecule has 0 atom stereocenters. The second-order valence-corrected chi connectivity index (χ2v) is 7.51. The Morgan fingerprint density at radius 3 is 2.45 bits per heavy atom. The maximum absolute atomic E-state index is 12.7. The zero-order chi connectivity index (χ0) is 23.1. The number of anilines is 1. The molecule has 0 aliphatic carbocycles. The van der Waals surface area contributed by atoms with Crippen LogP contribution in [0.3, 0.4) is 0 Å². The van der Waals surface area contributed by atoms with Crippen molar-refractivity contribution in [3.63, 3.8) is 0 Å². The molecule has 0 spiro atoms. The number of nitrogens with zero attached hydrogens (tertiary/aromatic N) is 1. The van der Waals surface area contributed by atoms with Gasteiger partial charge in [-0.2, -0.15) is 0 Å². The summed E-state index contributed by atoms with van der Waals surface area (Å²) < 4.78 is 0. The quantitative estimate of drug-likeness (QED) is 0.572. The van der Waals surface area contributed by atoms with Gasteiger partial charge in [0.05, 0.1) is 11.1 Å². The number of amides is 2. The number of aryl methyl sites for hydroxylation is 2. The molecule has 0 bridgehead atoms. The number of carbonyl (C=O) groups is 2. The molecule has 3 N–H and O–H groups in total. The van der Waals surface area contributed by atoms with Crippen molar-refractivity contribution in [3.05, 3.63) is 51.8 Å². The Bertz CT molecular complexity index is 968. The molecule has 0 saturated heterocycles. The van der Waals surface area contributed by atoms with Gasteiger partial charge in [-0.15, -0.1) is 0 Å². The number of H-pyrrole nitrogens is 1. The van der Waals surface area contributed by atoms with Gasteiger partial charge in [0.2, 0.25) is 0 Å². The number of aromatic amines is 1. The fourth-order valence-corrected chi connectivity index (χ4v) is 3.81. The van der Waals surface area contributed by atoms with Crippen molar-refractivity contribution in [1.82, 2.24) is 15.2 Å². The second-order valence-electron chi connectivity index (χ2n) is 7.51. The Morgan fingerprint density at radius 2 is 1.81 bits per heavy atom. The number of rotatable bonds is 7. The van der Waals surface area contributed by atoms with E-state index in [1.54, 1.807) is 0 Å². The van der Waals surface area contributed by atoms with E-state index in [4.69, 9.17) is 0 Å². The summed E-state index contributed by atoms with van der Waals surface area (Å²) in [5.74, 6) is -0.206. The minimum absolute atomic E-state index is 0.0834. The number of nitrogens with one attached hydrogen (secondary N) is 3. The third-order valence-corrected chi connectivity index (χ3v) is 5.56. The number of hydrogen-bond acceptors (Lipinski definition) is 3. The molecule has 2 heterocycles. The molecule has 3 rings (SSSR count). The molecule has 0 saturated carbocycles. The molecule has 1 aliphatic heterocycles. The molecule has 0 unspecified atom stereocenters. The first-order chi connectivity index (χ1) is 14.8. The van der Waals surface area contributed by atoms with Crippen LogP contribution in [0.2, 0.25) is 0 Å². The first kappa shape index (κ1) is 24.4. The van der Waals surface area contributed by atoms with E-state index in [9.17, 15) is 9.59 Å². The average molecular weight is 425 g/mol. The highest BCUT2D eigenvalue weighted by Gasteiger charge is 2.25. The van der Waals surface area contributed by atoms with Gasteiger partial charge in [-0.1, -0.05) is 39.8 Å². The van der Waals surface area contributed by atoms with E-state index >= 15 is 0 Å². The topological polar surface area (TPSA) is 77.2 Å². The number of benzene rings is 1. The van der Waals surface area contributed by atoms with Gasteiger partial charge in [0.1, 0.15) is 0 Å². The van der Waals surface area contributed by atoms with Crippen LogP contribution in [0, 0.1) is 20.8 Å². The smallest absolute Gasteiger partial charge is 0.256 e. The summed E-state index contributed by atoms with van der Waals surface area (Å²) in [7, 11) is 0. The number of likely N-dealkylation sites (N-methyl/N-ethyl adjacent to an activating group) is 1. The fraction of sp³-hybridized carbons (Fsp3) is 0.440. The molecule has 6 nitrogen and oxygen atoms in total. The number of fused-ring (bicyclic) bond motifs is 1. The van der Waals surface area contributed by atoms with E-state index in [-0.39, 0.29) is 11.8 Å². The van der Waals surface area contributed by atoms with Gasteiger partial charge >= 0.3 is 0 Å². The van der Waals surface area contributed by atoms with Gasteiger partial charge in [-0.25, -0.2) is 0 Å². The molecule has 2 amide bonds. The minimum Gasteiger partial charge on any atom is -0.358 e. The Balaban J connectivity index is 0.00000166. The highest BCUT2D eigenvalue weighted by Crippen LogP contribution is 2.34. The van der Waals surface area contributed by atoms with Crippen molar-refractivity contribution in [1.29, 1.82) is 0 Å². The van der Waals surface area contributed by atoms with Gasteiger partial charge < -0.3 is 20.5 Å². The lowest BCUT2D eigenvalue weighted by Gasteiger charge is -2.18. The molecule has 168 valence electrons. The van der Waals surface area contributed by atoms with Crippen molar-refractivity contribution in [2.24, 2.45) is 0 Å². The SMILES string of the molecule is CC.CCN(CC)CCNC(=O)c1c(C)[nH]c(/C=C2\C(=O)Nc3cc(C)ccc32)c1C. The summed E-state index contributed by atoms with van der Waals surface area (Å²) in [6.07, 6.45) is 1.84. The summed E-state index contributed by atoms with van der Waals surface area (Å²) in [5, 5.41) is 5.93. The summed E-state index contributed by atoms with van der Waals surface area (Å²) in [6, 6.07) is 5.92. The molecule has 31 heavy (non-hydrogen) atoms. The molecule has 1 aromatic heterocycles. The molecule has 1 aliphatic rings. The third kappa shape index (κ3) is 5.44. The normalized spacial score (nSPS) is 13.7. The highest BCUT2D eigenvalue weighted by molar-refractivity contribution is 6.35. The lowest BCUT2D eigenvalue weighted by molar-refractivity contribution is -0.110. The molecule has 1 aromatic carbocycles. The zero-order valence-corrected chi connectivity index (χ0v) is 19.9. The summed E-state index contributed by atoms with van der Waals surface area (Å²) in [6.45, 7) is 17.4. The van der Waals surface area contributed by atoms with Crippen molar-refractivity contribution in [2.45, 2.75) is 48.5 Å². The Kier molecular flexibility index (Phi) is 8.63. The van der Waals surface area contributed by atoms with Crippen LogP contribution in [0.4, 0.5) is 5.69 Å². The number of carbonyl (C=O) groups excluding carboxylic acids is 2. The van der Waals surface area contributed by atoms with Crippen LogP contribution in [-0.2, 0) is 4.79 Å². The summed E-state index contributed by atoms with van der Waals surface area (Å²) in [4.78, 5) is 30.8. The van der Waals surface area contributed by atoms with Gasteiger partial charge in [-0.05, 0) is 57.1 Å². The standard InChI is InChI=1S/C23H30N4O2.C2H6/c1-6-27(7-2)11-10-24-23(29)21-15(4)19(25-16(21)5)13-18-17-9-8-14(3)12-20(17)26-22(18)28;1-2/h8-9,12-13,25H,6-7,10-11H2,1-5H3,(H,24,29)(H,26,28);1-2H3/b18-13-;.